The summed E-state index contributed by atoms with van der Waals surface area (Å²) in [7, 11) is 3.55. The minimum absolute atomic E-state index is 0.0733. The van der Waals surface area contributed by atoms with Crippen LogP contribution in [0.1, 0.15) is 88.5 Å². The highest BCUT2D eigenvalue weighted by molar-refractivity contribution is 8.77. The largest absolute Gasteiger partial charge is 0.375 e. The predicted molar refractivity (Wildman–Crippen MR) is 120 cm³/mol. The fraction of sp³-hybridized carbons (Fsp3) is 0.905. The third kappa shape index (κ3) is 14.5. The predicted octanol–water partition coefficient (Wildman–Crippen LogP) is 5.64. The second-order valence-corrected chi connectivity index (χ2v) is 13.7. The standard InChI is InChI=1S/C21H41NO3S2/c1-18(2,3)16(23)15-21(9,10)25-13-12-20(7,8)22-17(24)11-14-26-27-19(4,5)6/h11-15H2,1-10H3,(H,22,24). The number of rotatable bonds is 11. The number of ketones is 1. The third-order valence-electron chi connectivity index (χ3n) is 3.84. The molecule has 0 aromatic rings. The fourth-order valence-corrected chi connectivity index (χ4v) is 4.41. The molecule has 4 nitrogen and oxygen atoms in total. The Morgan fingerprint density at radius 3 is 1.96 bits per heavy atom. The van der Waals surface area contributed by atoms with E-state index in [1.165, 1.54) is 0 Å². The Morgan fingerprint density at radius 2 is 1.48 bits per heavy atom. The van der Waals surface area contributed by atoms with Gasteiger partial charge in [-0.25, -0.2) is 0 Å². The zero-order chi connectivity index (χ0) is 21.5. The zero-order valence-corrected chi connectivity index (χ0v) is 20.7. The second-order valence-electron chi connectivity index (χ2n) is 10.4. The van der Waals surface area contributed by atoms with Crippen molar-refractivity contribution in [2.75, 3.05) is 12.4 Å². The SMILES string of the molecule is CC(C)(CCOC(C)(C)CC(=O)C(C)(C)C)NC(=O)CCSSC(C)(C)C. The fourth-order valence-electron chi connectivity index (χ4n) is 2.14. The summed E-state index contributed by atoms with van der Waals surface area (Å²) in [4.78, 5) is 24.4. The monoisotopic (exact) mass is 419 g/mol. The summed E-state index contributed by atoms with van der Waals surface area (Å²) in [5, 5.41) is 3.10. The smallest absolute Gasteiger partial charge is 0.221 e. The molecule has 0 heterocycles. The number of hydrogen-bond acceptors (Lipinski definition) is 5. The minimum Gasteiger partial charge on any atom is -0.375 e. The van der Waals surface area contributed by atoms with Crippen LogP contribution in [0, 0.1) is 5.41 Å². The Kier molecular flexibility index (Phi) is 10.5. The normalized spacial score (nSPS) is 13.6. The van der Waals surface area contributed by atoms with Gasteiger partial charge in [-0.1, -0.05) is 63.1 Å². The number of carbonyl (C=O) groups is 2. The molecule has 0 aliphatic carbocycles. The van der Waals surface area contributed by atoms with Crippen molar-refractivity contribution < 1.29 is 14.3 Å². The van der Waals surface area contributed by atoms with E-state index in [2.05, 4.69) is 26.1 Å². The molecule has 6 heteroatoms. The van der Waals surface area contributed by atoms with E-state index in [1.807, 2.05) is 48.5 Å². The maximum Gasteiger partial charge on any atom is 0.221 e. The quantitative estimate of drug-likeness (QED) is 0.347. The molecule has 0 saturated carbocycles. The van der Waals surface area contributed by atoms with Crippen molar-refractivity contribution in [3.8, 4) is 0 Å². The van der Waals surface area contributed by atoms with Gasteiger partial charge in [0.1, 0.15) is 5.78 Å². The van der Waals surface area contributed by atoms with Gasteiger partial charge in [0.2, 0.25) is 5.91 Å². The van der Waals surface area contributed by atoms with Gasteiger partial charge in [-0.3, -0.25) is 9.59 Å². The molecule has 0 aliphatic heterocycles. The topological polar surface area (TPSA) is 55.4 Å². The summed E-state index contributed by atoms with van der Waals surface area (Å²) < 4.78 is 6.18. The molecule has 0 saturated heterocycles. The third-order valence-corrected chi connectivity index (χ3v) is 7.18. The van der Waals surface area contributed by atoms with E-state index in [9.17, 15) is 9.59 Å². The van der Waals surface area contributed by atoms with Crippen LogP contribution < -0.4 is 5.32 Å². The number of hydrogen-bond donors (Lipinski definition) is 1. The van der Waals surface area contributed by atoms with Gasteiger partial charge in [0.05, 0.1) is 5.60 Å². The van der Waals surface area contributed by atoms with Crippen LogP contribution in [0.3, 0.4) is 0 Å². The molecule has 0 aromatic carbocycles. The van der Waals surface area contributed by atoms with Gasteiger partial charge in [-0.05, 0) is 34.1 Å². The van der Waals surface area contributed by atoms with E-state index in [0.29, 0.717) is 25.9 Å². The first kappa shape index (κ1) is 26.8. The molecule has 27 heavy (non-hydrogen) atoms. The highest BCUT2D eigenvalue weighted by Crippen LogP contribution is 2.35. The molecule has 0 fully saturated rings. The number of amides is 1. The molecule has 0 aromatic heterocycles. The zero-order valence-electron chi connectivity index (χ0n) is 19.1. The lowest BCUT2D eigenvalue weighted by Gasteiger charge is -2.31. The maximum absolute atomic E-state index is 12.2. The number of Topliss-reactive ketones (excluding diaryl/α,β-unsaturated/α-hetero) is 1. The lowest BCUT2D eigenvalue weighted by molar-refractivity contribution is -0.133. The summed E-state index contributed by atoms with van der Waals surface area (Å²) in [6.07, 6.45) is 1.62. The van der Waals surface area contributed by atoms with E-state index in [0.717, 1.165) is 5.75 Å². The van der Waals surface area contributed by atoms with Crippen molar-refractivity contribution in [3.05, 3.63) is 0 Å². The molecule has 1 N–H and O–H groups in total. The first-order valence-electron chi connectivity index (χ1n) is 9.72. The van der Waals surface area contributed by atoms with Gasteiger partial charge in [0.25, 0.3) is 0 Å². The first-order chi connectivity index (χ1) is 11.9. The van der Waals surface area contributed by atoms with Crippen molar-refractivity contribution in [2.24, 2.45) is 5.41 Å². The van der Waals surface area contributed by atoms with Crippen LogP contribution >= 0.6 is 21.6 Å². The Morgan fingerprint density at radius 1 is 0.926 bits per heavy atom. The van der Waals surface area contributed by atoms with Crippen molar-refractivity contribution in [1.29, 1.82) is 0 Å². The van der Waals surface area contributed by atoms with Gasteiger partial charge >= 0.3 is 0 Å². The van der Waals surface area contributed by atoms with Crippen LogP contribution in [-0.4, -0.2) is 39.9 Å². The molecule has 0 unspecified atom stereocenters. The van der Waals surface area contributed by atoms with Gasteiger partial charge in [0.15, 0.2) is 0 Å². The summed E-state index contributed by atoms with van der Waals surface area (Å²) in [6.45, 7) is 20.7. The molecule has 1 amide bonds. The van der Waals surface area contributed by atoms with Gasteiger partial charge in [0, 0.05) is 40.9 Å². The van der Waals surface area contributed by atoms with Crippen molar-refractivity contribution >= 4 is 33.3 Å². The van der Waals surface area contributed by atoms with E-state index in [-0.39, 0.29) is 27.4 Å². The lowest BCUT2D eigenvalue weighted by Crippen LogP contribution is -2.45. The summed E-state index contributed by atoms with van der Waals surface area (Å²) in [5.41, 5.74) is -1.18. The Balaban J connectivity index is 4.24. The van der Waals surface area contributed by atoms with Crippen molar-refractivity contribution in [2.45, 2.75) is 104 Å². The maximum atomic E-state index is 12.2. The van der Waals surface area contributed by atoms with E-state index in [1.54, 1.807) is 21.6 Å². The van der Waals surface area contributed by atoms with E-state index < -0.39 is 5.60 Å². The molecular weight excluding hydrogens is 378 g/mol. The van der Waals surface area contributed by atoms with Crippen LogP contribution in [0.4, 0.5) is 0 Å². The molecule has 0 radical (unpaired) electrons. The van der Waals surface area contributed by atoms with Crippen LogP contribution in [0.5, 0.6) is 0 Å². The Hall–Kier alpha value is -0.200. The molecule has 0 spiro atoms. The molecule has 160 valence electrons. The molecular formula is C21H41NO3S2. The van der Waals surface area contributed by atoms with Crippen molar-refractivity contribution in [3.63, 3.8) is 0 Å². The Bertz CT molecular complexity index is 489. The highest BCUT2D eigenvalue weighted by atomic mass is 33.1. The number of carbonyl (C=O) groups excluding carboxylic acids is 2. The molecule has 0 bridgehead atoms. The van der Waals surface area contributed by atoms with Crippen LogP contribution in [0.2, 0.25) is 0 Å². The number of nitrogens with one attached hydrogen (secondary N) is 1. The lowest BCUT2D eigenvalue weighted by atomic mass is 9.84. The summed E-state index contributed by atoms with van der Waals surface area (Å²) in [6, 6.07) is 0. The number of ether oxygens (including phenoxy) is 1. The van der Waals surface area contributed by atoms with Crippen molar-refractivity contribution in [1.82, 2.24) is 5.32 Å². The molecule has 0 aliphatic rings. The highest BCUT2D eigenvalue weighted by Gasteiger charge is 2.30. The van der Waals surface area contributed by atoms with Gasteiger partial charge in [-0.15, -0.1) is 0 Å². The van der Waals surface area contributed by atoms with Crippen LogP contribution in [0.25, 0.3) is 0 Å². The average molecular weight is 420 g/mol. The van der Waals surface area contributed by atoms with E-state index in [4.69, 9.17) is 4.74 Å². The minimum atomic E-state index is -0.495. The second kappa shape index (κ2) is 10.5. The Labute approximate surface area is 175 Å². The summed E-state index contributed by atoms with van der Waals surface area (Å²) in [5.74, 6) is 1.08. The van der Waals surface area contributed by atoms with Crippen LogP contribution in [0.15, 0.2) is 0 Å². The average Bonchev–Trinajstić information content (AvgIpc) is 2.39. The molecule has 0 atom stereocenters. The van der Waals surface area contributed by atoms with E-state index >= 15 is 0 Å². The molecule has 0 rings (SSSR count). The van der Waals surface area contributed by atoms with Crippen LogP contribution in [-0.2, 0) is 14.3 Å². The first-order valence-corrected chi connectivity index (χ1v) is 12.0. The van der Waals surface area contributed by atoms with Gasteiger partial charge in [-0.2, -0.15) is 0 Å². The van der Waals surface area contributed by atoms with Gasteiger partial charge < -0.3 is 10.1 Å². The summed E-state index contributed by atoms with van der Waals surface area (Å²) >= 11 is 0.